The number of rotatable bonds is 4. The van der Waals surface area contributed by atoms with Gasteiger partial charge in [0.05, 0.1) is 12.2 Å². The first kappa shape index (κ1) is 18.3. The van der Waals surface area contributed by atoms with Crippen LogP contribution in [0.5, 0.6) is 0 Å². The molecule has 3 N–H and O–H groups in total. The first-order valence-electron chi connectivity index (χ1n) is 9.60. The molecule has 4 rings (SSSR count). The van der Waals surface area contributed by atoms with Crippen LogP contribution in [0.3, 0.4) is 0 Å². The highest BCUT2D eigenvalue weighted by molar-refractivity contribution is 5.52. The standard InChI is InChI=1S/C22H24N4O2/c1-15-8-9-18(12-16(15)2)26-20-19(21(27)24-22(26)28)13-25(14-23-20)11-10-17-6-4-3-5-7-17/h3-9,12,23H,10-11,13-14H2,1-2H3,(H,24,27,28)/p+1. The van der Waals surface area contributed by atoms with Crippen molar-refractivity contribution in [3.8, 4) is 5.69 Å². The zero-order valence-electron chi connectivity index (χ0n) is 16.2. The van der Waals surface area contributed by atoms with Crippen LogP contribution in [0.2, 0.25) is 0 Å². The molecule has 0 fully saturated rings. The lowest BCUT2D eigenvalue weighted by atomic mass is 10.1. The first-order chi connectivity index (χ1) is 13.5. The molecule has 6 heteroatoms. The van der Waals surface area contributed by atoms with E-state index in [1.807, 2.05) is 50.2 Å². The lowest BCUT2D eigenvalue weighted by molar-refractivity contribution is -0.912. The van der Waals surface area contributed by atoms with Crippen molar-refractivity contribution in [2.24, 2.45) is 0 Å². The fourth-order valence-electron chi connectivity index (χ4n) is 3.70. The molecule has 1 aromatic heterocycles. The van der Waals surface area contributed by atoms with Crippen molar-refractivity contribution < 1.29 is 4.90 Å². The molecule has 0 amide bonds. The normalized spacial score (nSPS) is 15.7. The maximum atomic E-state index is 12.6. The van der Waals surface area contributed by atoms with Crippen LogP contribution < -0.4 is 21.5 Å². The van der Waals surface area contributed by atoms with E-state index in [1.165, 1.54) is 16.0 Å². The van der Waals surface area contributed by atoms with E-state index >= 15 is 0 Å². The summed E-state index contributed by atoms with van der Waals surface area (Å²) in [7, 11) is 0. The third-order valence-electron chi connectivity index (χ3n) is 5.50. The topological polar surface area (TPSA) is 71.3 Å². The molecule has 144 valence electrons. The molecule has 1 aliphatic rings. The molecule has 3 aromatic rings. The number of quaternary nitrogens is 1. The summed E-state index contributed by atoms with van der Waals surface area (Å²) < 4.78 is 1.58. The molecule has 0 radical (unpaired) electrons. The van der Waals surface area contributed by atoms with Crippen molar-refractivity contribution in [3.63, 3.8) is 0 Å². The number of anilines is 1. The summed E-state index contributed by atoms with van der Waals surface area (Å²) in [5.74, 6) is 0.612. The van der Waals surface area contributed by atoms with Gasteiger partial charge in [-0.05, 0) is 42.7 Å². The van der Waals surface area contributed by atoms with Crippen molar-refractivity contribution in [1.29, 1.82) is 0 Å². The molecule has 0 saturated heterocycles. The van der Waals surface area contributed by atoms with Gasteiger partial charge in [0.2, 0.25) is 0 Å². The number of aromatic nitrogens is 2. The van der Waals surface area contributed by atoms with E-state index in [-0.39, 0.29) is 5.56 Å². The first-order valence-corrected chi connectivity index (χ1v) is 9.60. The minimum absolute atomic E-state index is 0.301. The molecule has 1 aliphatic heterocycles. The van der Waals surface area contributed by atoms with Gasteiger partial charge >= 0.3 is 5.69 Å². The second-order valence-corrected chi connectivity index (χ2v) is 7.46. The molecular formula is C22H25N4O2+. The molecule has 0 bridgehead atoms. The van der Waals surface area contributed by atoms with Crippen LogP contribution in [0, 0.1) is 13.8 Å². The Bertz CT molecular complexity index is 1120. The number of nitrogens with zero attached hydrogens (tertiary/aromatic N) is 1. The Morgan fingerprint density at radius 1 is 1.04 bits per heavy atom. The van der Waals surface area contributed by atoms with Gasteiger partial charge in [-0.25, -0.2) is 9.36 Å². The van der Waals surface area contributed by atoms with E-state index in [4.69, 9.17) is 0 Å². The number of hydrogen-bond donors (Lipinski definition) is 3. The smallest absolute Gasteiger partial charge is 0.324 e. The third-order valence-corrected chi connectivity index (χ3v) is 5.50. The summed E-state index contributed by atoms with van der Waals surface area (Å²) >= 11 is 0. The summed E-state index contributed by atoms with van der Waals surface area (Å²) in [4.78, 5) is 28.8. The quantitative estimate of drug-likeness (QED) is 0.639. The highest BCUT2D eigenvalue weighted by Crippen LogP contribution is 2.19. The average molecular weight is 377 g/mol. The van der Waals surface area contributed by atoms with Gasteiger partial charge in [-0.2, -0.15) is 0 Å². The van der Waals surface area contributed by atoms with Crippen molar-refractivity contribution in [2.45, 2.75) is 26.8 Å². The van der Waals surface area contributed by atoms with Gasteiger partial charge in [0.25, 0.3) is 5.56 Å². The fraction of sp³-hybridized carbons (Fsp3) is 0.273. The van der Waals surface area contributed by atoms with Gasteiger partial charge in [0.15, 0.2) is 6.67 Å². The third kappa shape index (κ3) is 3.51. The number of benzene rings is 2. The molecule has 0 saturated carbocycles. The maximum Gasteiger partial charge on any atom is 0.334 e. The van der Waals surface area contributed by atoms with Gasteiger partial charge in [-0.3, -0.25) is 9.78 Å². The SMILES string of the molecule is Cc1ccc(-n2c3c(c(=O)[nH]c2=O)C[NH+](CCc2ccccc2)CN3)cc1C. The van der Waals surface area contributed by atoms with Crippen LogP contribution >= 0.6 is 0 Å². The summed E-state index contributed by atoms with van der Waals surface area (Å²) in [5.41, 5.74) is 4.24. The van der Waals surface area contributed by atoms with Crippen molar-refractivity contribution in [1.82, 2.24) is 9.55 Å². The van der Waals surface area contributed by atoms with Crippen LogP contribution in [-0.2, 0) is 13.0 Å². The Morgan fingerprint density at radius 2 is 1.82 bits per heavy atom. The fourth-order valence-corrected chi connectivity index (χ4v) is 3.70. The second kappa shape index (κ2) is 7.48. The molecule has 1 atom stereocenters. The van der Waals surface area contributed by atoms with E-state index in [2.05, 4.69) is 22.4 Å². The molecule has 28 heavy (non-hydrogen) atoms. The molecule has 2 aromatic carbocycles. The predicted octanol–water partition coefficient (Wildman–Crippen LogP) is 1.15. The zero-order chi connectivity index (χ0) is 19.7. The lowest BCUT2D eigenvalue weighted by Gasteiger charge is -2.28. The summed E-state index contributed by atoms with van der Waals surface area (Å²) in [6.45, 7) is 6.24. The predicted molar refractivity (Wildman–Crippen MR) is 110 cm³/mol. The molecule has 6 nitrogen and oxygen atoms in total. The van der Waals surface area contributed by atoms with Crippen LogP contribution in [0.25, 0.3) is 5.69 Å². The second-order valence-electron chi connectivity index (χ2n) is 7.46. The molecule has 0 spiro atoms. The lowest BCUT2D eigenvalue weighted by Crippen LogP contribution is -3.13. The monoisotopic (exact) mass is 377 g/mol. The van der Waals surface area contributed by atoms with Gasteiger partial charge in [0.1, 0.15) is 17.9 Å². The Kier molecular flexibility index (Phi) is 4.88. The zero-order valence-corrected chi connectivity index (χ0v) is 16.2. The number of H-pyrrole nitrogens is 1. The van der Waals surface area contributed by atoms with Crippen molar-refractivity contribution >= 4 is 5.82 Å². The van der Waals surface area contributed by atoms with E-state index in [0.717, 1.165) is 24.2 Å². The molecule has 1 unspecified atom stereocenters. The van der Waals surface area contributed by atoms with E-state index in [9.17, 15) is 9.59 Å². The maximum absolute atomic E-state index is 12.6. The Balaban J connectivity index is 1.64. The summed E-state index contributed by atoms with van der Waals surface area (Å²) in [6.07, 6.45) is 0.946. The van der Waals surface area contributed by atoms with Crippen LogP contribution in [0.4, 0.5) is 5.82 Å². The van der Waals surface area contributed by atoms with Gasteiger partial charge < -0.3 is 10.2 Å². The number of fused-ring (bicyclic) bond motifs is 1. The average Bonchev–Trinajstić information content (AvgIpc) is 2.70. The van der Waals surface area contributed by atoms with Crippen LogP contribution in [-0.4, -0.2) is 22.8 Å². The Hall–Kier alpha value is -3.12. The number of aromatic amines is 1. The van der Waals surface area contributed by atoms with Crippen LogP contribution in [0.15, 0.2) is 58.1 Å². The Morgan fingerprint density at radius 3 is 2.57 bits per heavy atom. The highest BCUT2D eigenvalue weighted by Gasteiger charge is 2.25. The van der Waals surface area contributed by atoms with Crippen molar-refractivity contribution in [2.75, 3.05) is 18.5 Å². The van der Waals surface area contributed by atoms with E-state index in [0.29, 0.717) is 24.6 Å². The Labute approximate surface area is 163 Å². The highest BCUT2D eigenvalue weighted by atomic mass is 16.2. The van der Waals surface area contributed by atoms with Gasteiger partial charge in [0, 0.05) is 6.42 Å². The molecule has 0 aliphatic carbocycles. The largest absolute Gasteiger partial charge is 0.334 e. The molecular weight excluding hydrogens is 352 g/mol. The van der Waals surface area contributed by atoms with Gasteiger partial charge in [-0.15, -0.1) is 0 Å². The number of aryl methyl sites for hydroxylation is 2. The summed E-state index contributed by atoms with van der Waals surface area (Å²) in [6, 6.07) is 16.2. The summed E-state index contributed by atoms with van der Waals surface area (Å²) in [5, 5.41) is 3.34. The van der Waals surface area contributed by atoms with Gasteiger partial charge in [-0.1, -0.05) is 36.4 Å². The van der Waals surface area contributed by atoms with Crippen molar-refractivity contribution in [3.05, 3.63) is 91.6 Å². The van der Waals surface area contributed by atoms with E-state index in [1.54, 1.807) is 4.57 Å². The molecule has 2 heterocycles. The number of hydrogen-bond acceptors (Lipinski definition) is 3. The number of nitrogens with one attached hydrogen (secondary N) is 3. The van der Waals surface area contributed by atoms with Crippen LogP contribution in [0.1, 0.15) is 22.3 Å². The van der Waals surface area contributed by atoms with E-state index < -0.39 is 5.69 Å². The minimum atomic E-state index is -0.410. The minimum Gasteiger partial charge on any atom is -0.324 e.